The van der Waals surface area contributed by atoms with Crippen molar-refractivity contribution in [3.05, 3.63) is 59.1 Å². The topological polar surface area (TPSA) is 75.7 Å². The molecule has 1 amide bonds. The van der Waals surface area contributed by atoms with Crippen molar-refractivity contribution < 1.29 is 17.9 Å². The van der Waals surface area contributed by atoms with Crippen molar-refractivity contribution >= 4 is 33.2 Å². The fourth-order valence-corrected chi connectivity index (χ4v) is 4.77. The maximum absolute atomic E-state index is 13.0. The number of nitrogens with zero attached hydrogens (tertiary/aromatic N) is 1. The van der Waals surface area contributed by atoms with E-state index in [1.54, 1.807) is 36.4 Å². The van der Waals surface area contributed by atoms with Crippen LogP contribution in [0.1, 0.15) is 24.2 Å². The minimum Gasteiger partial charge on any atom is -0.373 e. The predicted octanol–water partition coefficient (Wildman–Crippen LogP) is 3.39. The van der Waals surface area contributed by atoms with Crippen LogP contribution in [0.2, 0.25) is 5.02 Å². The molecule has 3 rings (SSSR count). The van der Waals surface area contributed by atoms with E-state index in [0.29, 0.717) is 10.7 Å². The molecule has 2 aromatic carbocycles. The van der Waals surface area contributed by atoms with E-state index < -0.39 is 15.9 Å². The van der Waals surface area contributed by atoms with Gasteiger partial charge in [0.05, 0.1) is 17.1 Å². The number of morpholine rings is 1. The van der Waals surface area contributed by atoms with Crippen LogP contribution in [0.3, 0.4) is 0 Å². The molecule has 0 unspecified atom stereocenters. The van der Waals surface area contributed by atoms with Gasteiger partial charge in [0.25, 0.3) is 5.91 Å². The number of carbonyl (C=O) groups is 1. The van der Waals surface area contributed by atoms with E-state index in [9.17, 15) is 13.2 Å². The molecule has 2 atom stereocenters. The van der Waals surface area contributed by atoms with E-state index in [1.807, 2.05) is 13.8 Å². The molecule has 6 nitrogen and oxygen atoms in total. The molecule has 0 aromatic heterocycles. The number of amides is 1. The first-order valence-electron chi connectivity index (χ1n) is 8.58. The molecule has 144 valence electrons. The smallest absolute Gasteiger partial charge is 0.255 e. The third kappa shape index (κ3) is 4.68. The van der Waals surface area contributed by atoms with E-state index in [4.69, 9.17) is 16.3 Å². The Kier molecular flexibility index (Phi) is 5.86. The molecule has 0 saturated carbocycles. The van der Waals surface area contributed by atoms with Crippen LogP contribution >= 0.6 is 11.6 Å². The third-order valence-electron chi connectivity index (χ3n) is 4.22. The van der Waals surface area contributed by atoms with Gasteiger partial charge in [-0.05, 0) is 56.3 Å². The van der Waals surface area contributed by atoms with E-state index in [1.165, 1.54) is 16.4 Å². The third-order valence-corrected chi connectivity index (χ3v) is 6.30. The van der Waals surface area contributed by atoms with Crippen LogP contribution in [0.25, 0.3) is 0 Å². The van der Waals surface area contributed by atoms with Gasteiger partial charge in [-0.15, -0.1) is 0 Å². The maximum Gasteiger partial charge on any atom is 0.255 e. The minimum atomic E-state index is -3.71. The van der Waals surface area contributed by atoms with Crippen molar-refractivity contribution in [2.24, 2.45) is 0 Å². The van der Waals surface area contributed by atoms with E-state index >= 15 is 0 Å². The van der Waals surface area contributed by atoms with Crippen LogP contribution in [-0.2, 0) is 14.8 Å². The van der Waals surface area contributed by atoms with Gasteiger partial charge in [-0.2, -0.15) is 4.31 Å². The average molecular weight is 409 g/mol. The van der Waals surface area contributed by atoms with Crippen molar-refractivity contribution in [2.45, 2.75) is 31.0 Å². The number of halogens is 1. The molecule has 1 N–H and O–H groups in total. The molecule has 0 spiro atoms. The lowest BCUT2D eigenvalue weighted by Crippen LogP contribution is -2.48. The second-order valence-electron chi connectivity index (χ2n) is 6.57. The maximum atomic E-state index is 13.0. The van der Waals surface area contributed by atoms with Crippen molar-refractivity contribution in [2.75, 3.05) is 18.4 Å². The Hall–Kier alpha value is -1.93. The Labute approximate surface area is 164 Å². The number of rotatable bonds is 4. The predicted molar refractivity (Wildman–Crippen MR) is 105 cm³/mol. The monoisotopic (exact) mass is 408 g/mol. The standard InChI is InChI=1S/C19H21ClN2O4S/c1-13-11-22(12-14(2)26-13)27(24,25)18-5-3-4-15(10-18)19(23)21-17-8-6-16(20)7-9-17/h3-10,13-14H,11-12H2,1-2H3,(H,21,23)/t13-,14-/m1/s1. The summed E-state index contributed by atoms with van der Waals surface area (Å²) in [6.45, 7) is 4.25. The summed E-state index contributed by atoms with van der Waals surface area (Å²) in [4.78, 5) is 12.6. The largest absolute Gasteiger partial charge is 0.373 e. The van der Waals surface area contributed by atoms with Crippen LogP contribution in [0.15, 0.2) is 53.4 Å². The van der Waals surface area contributed by atoms with Crippen molar-refractivity contribution in [1.82, 2.24) is 4.31 Å². The molecule has 27 heavy (non-hydrogen) atoms. The Balaban J connectivity index is 1.82. The quantitative estimate of drug-likeness (QED) is 0.841. The van der Waals surface area contributed by atoms with Crippen molar-refractivity contribution in [3.63, 3.8) is 0 Å². The van der Waals surface area contributed by atoms with Gasteiger partial charge < -0.3 is 10.1 Å². The van der Waals surface area contributed by atoms with E-state index in [2.05, 4.69) is 5.32 Å². The van der Waals surface area contributed by atoms with E-state index in [0.717, 1.165) is 0 Å². The number of ether oxygens (including phenoxy) is 1. The van der Waals surface area contributed by atoms with Crippen molar-refractivity contribution in [3.8, 4) is 0 Å². The number of benzene rings is 2. The highest BCUT2D eigenvalue weighted by Crippen LogP contribution is 2.22. The van der Waals surface area contributed by atoms with Gasteiger partial charge >= 0.3 is 0 Å². The first kappa shape index (κ1) is 19.8. The lowest BCUT2D eigenvalue weighted by molar-refractivity contribution is -0.0440. The number of hydrogen-bond donors (Lipinski definition) is 1. The molecule has 1 saturated heterocycles. The lowest BCUT2D eigenvalue weighted by Gasteiger charge is -2.34. The molecule has 0 radical (unpaired) electrons. The van der Waals surface area contributed by atoms with Gasteiger partial charge in [-0.1, -0.05) is 17.7 Å². The van der Waals surface area contributed by atoms with Crippen LogP contribution in [0.5, 0.6) is 0 Å². The lowest BCUT2D eigenvalue weighted by atomic mass is 10.2. The zero-order valence-corrected chi connectivity index (χ0v) is 16.6. The Bertz CT molecular complexity index is 921. The van der Waals surface area contributed by atoms with Gasteiger partial charge in [0.15, 0.2) is 0 Å². The molecular weight excluding hydrogens is 388 g/mol. The van der Waals surface area contributed by atoms with Crippen LogP contribution in [0.4, 0.5) is 5.69 Å². The summed E-state index contributed by atoms with van der Waals surface area (Å²) in [5, 5.41) is 3.30. The number of nitrogens with one attached hydrogen (secondary N) is 1. The second-order valence-corrected chi connectivity index (χ2v) is 8.94. The average Bonchev–Trinajstić information content (AvgIpc) is 2.63. The fourth-order valence-electron chi connectivity index (χ4n) is 3.01. The fraction of sp³-hybridized carbons (Fsp3) is 0.316. The number of hydrogen-bond acceptors (Lipinski definition) is 4. The van der Waals surface area contributed by atoms with Gasteiger partial charge in [-0.3, -0.25) is 4.79 Å². The summed E-state index contributed by atoms with van der Waals surface area (Å²) >= 11 is 5.84. The summed E-state index contributed by atoms with van der Waals surface area (Å²) in [6.07, 6.45) is -0.361. The van der Waals surface area contributed by atoms with Gasteiger partial charge in [0.2, 0.25) is 10.0 Å². The summed E-state index contributed by atoms with van der Waals surface area (Å²) in [7, 11) is -3.71. The van der Waals surface area contributed by atoms with E-state index in [-0.39, 0.29) is 35.8 Å². The minimum absolute atomic E-state index is 0.0903. The zero-order valence-electron chi connectivity index (χ0n) is 15.1. The molecular formula is C19H21ClN2O4S. The van der Waals surface area contributed by atoms with Gasteiger partial charge in [0.1, 0.15) is 0 Å². The second kappa shape index (κ2) is 7.98. The number of anilines is 1. The van der Waals surface area contributed by atoms with Gasteiger partial charge in [-0.25, -0.2) is 8.42 Å². The highest BCUT2D eigenvalue weighted by Gasteiger charge is 2.32. The van der Waals surface area contributed by atoms with Crippen LogP contribution < -0.4 is 5.32 Å². The molecule has 8 heteroatoms. The first-order chi connectivity index (χ1) is 12.8. The first-order valence-corrected chi connectivity index (χ1v) is 10.4. The molecule has 2 aromatic rings. The number of sulfonamides is 1. The Morgan fingerprint density at radius 1 is 1.11 bits per heavy atom. The van der Waals surface area contributed by atoms with Crippen molar-refractivity contribution in [1.29, 1.82) is 0 Å². The van der Waals surface area contributed by atoms with Gasteiger partial charge in [0, 0.05) is 29.4 Å². The Morgan fingerprint density at radius 3 is 2.37 bits per heavy atom. The normalized spacial score (nSPS) is 21.0. The highest BCUT2D eigenvalue weighted by atomic mass is 35.5. The van der Waals surface area contributed by atoms with Crippen LogP contribution in [0, 0.1) is 0 Å². The molecule has 1 aliphatic heterocycles. The molecule has 0 bridgehead atoms. The molecule has 1 heterocycles. The molecule has 1 aliphatic rings. The number of carbonyl (C=O) groups excluding carboxylic acids is 1. The Morgan fingerprint density at radius 2 is 1.74 bits per heavy atom. The zero-order chi connectivity index (χ0) is 19.6. The molecule has 0 aliphatic carbocycles. The summed E-state index contributed by atoms with van der Waals surface area (Å²) in [5.74, 6) is -0.391. The SMILES string of the molecule is C[C@@H]1CN(S(=O)(=O)c2cccc(C(=O)Nc3ccc(Cl)cc3)c2)C[C@@H](C)O1. The summed E-state index contributed by atoms with van der Waals surface area (Å²) < 4.78 is 33.0. The highest BCUT2D eigenvalue weighted by molar-refractivity contribution is 7.89. The summed E-state index contributed by atoms with van der Waals surface area (Å²) in [5.41, 5.74) is 0.842. The summed E-state index contributed by atoms with van der Waals surface area (Å²) in [6, 6.07) is 12.7. The molecule has 1 fully saturated rings. The van der Waals surface area contributed by atoms with Crippen LogP contribution in [-0.4, -0.2) is 43.9 Å².